The zero-order chi connectivity index (χ0) is 18.4. The summed E-state index contributed by atoms with van der Waals surface area (Å²) in [4.78, 5) is 14.1. The highest BCUT2D eigenvalue weighted by Gasteiger charge is 2.17. The molecular formula is C18H20ClFN2O3. The summed E-state index contributed by atoms with van der Waals surface area (Å²) in [6.45, 7) is 2.58. The molecule has 0 unspecified atom stereocenters. The average molecular weight is 367 g/mol. The number of nitrogens with zero attached hydrogens (tertiary/aromatic N) is 1. The molecule has 0 heterocycles. The molecule has 2 amide bonds. The van der Waals surface area contributed by atoms with Gasteiger partial charge in [-0.25, -0.2) is 9.18 Å². The molecule has 0 atom stereocenters. The molecular weight excluding hydrogens is 347 g/mol. The maximum Gasteiger partial charge on any atom is 0.322 e. The lowest BCUT2D eigenvalue weighted by atomic mass is 10.2. The van der Waals surface area contributed by atoms with Crippen LogP contribution in [0.1, 0.15) is 12.5 Å². The lowest BCUT2D eigenvalue weighted by Gasteiger charge is -2.22. The minimum Gasteiger partial charge on any atom is -0.495 e. The fourth-order valence-corrected chi connectivity index (χ4v) is 2.57. The summed E-state index contributed by atoms with van der Waals surface area (Å²) in [5, 5.41) is 3.16. The van der Waals surface area contributed by atoms with Crippen LogP contribution in [0.25, 0.3) is 0 Å². The van der Waals surface area contributed by atoms with Crippen molar-refractivity contribution in [3.05, 3.63) is 52.8 Å². The van der Waals surface area contributed by atoms with E-state index in [1.807, 2.05) is 6.92 Å². The summed E-state index contributed by atoms with van der Waals surface area (Å²) in [6, 6.07) is 8.98. The number of hydrogen-bond donors (Lipinski definition) is 1. The second kappa shape index (κ2) is 8.58. The van der Waals surface area contributed by atoms with E-state index in [2.05, 4.69) is 5.32 Å². The highest BCUT2D eigenvalue weighted by atomic mass is 35.5. The molecule has 2 rings (SSSR count). The van der Waals surface area contributed by atoms with Gasteiger partial charge in [-0.1, -0.05) is 23.7 Å². The monoisotopic (exact) mass is 366 g/mol. The number of carbonyl (C=O) groups excluding carboxylic acids is 1. The van der Waals surface area contributed by atoms with Crippen LogP contribution in [-0.2, 0) is 6.54 Å². The van der Waals surface area contributed by atoms with Crippen molar-refractivity contribution in [2.75, 3.05) is 26.1 Å². The number of halogens is 2. The molecule has 0 aromatic heterocycles. The van der Waals surface area contributed by atoms with E-state index in [1.54, 1.807) is 29.2 Å². The molecule has 0 saturated carbocycles. The summed E-state index contributed by atoms with van der Waals surface area (Å²) >= 11 is 6.07. The van der Waals surface area contributed by atoms with Gasteiger partial charge in [0.2, 0.25) is 0 Å². The van der Waals surface area contributed by atoms with Gasteiger partial charge in [-0.15, -0.1) is 0 Å². The van der Waals surface area contributed by atoms with Gasteiger partial charge in [0.25, 0.3) is 0 Å². The second-order valence-electron chi connectivity index (χ2n) is 5.26. The van der Waals surface area contributed by atoms with E-state index in [9.17, 15) is 9.18 Å². The van der Waals surface area contributed by atoms with Crippen LogP contribution in [0.15, 0.2) is 36.4 Å². The Morgan fingerprint density at radius 1 is 1.20 bits per heavy atom. The van der Waals surface area contributed by atoms with E-state index in [0.717, 1.165) is 0 Å². The zero-order valence-corrected chi connectivity index (χ0v) is 15.1. The number of hydrogen-bond acceptors (Lipinski definition) is 3. The average Bonchev–Trinajstić information content (AvgIpc) is 2.60. The number of amides is 2. The third kappa shape index (κ3) is 4.76. The Labute approximate surface area is 151 Å². The lowest BCUT2D eigenvalue weighted by molar-refractivity contribution is 0.212. The molecule has 0 spiro atoms. The van der Waals surface area contributed by atoms with Crippen LogP contribution >= 0.6 is 11.6 Å². The van der Waals surface area contributed by atoms with Crippen molar-refractivity contribution in [3.63, 3.8) is 0 Å². The van der Waals surface area contributed by atoms with Gasteiger partial charge in [0.1, 0.15) is 17.3 Å². The Balaban J connectivity index is 2.19. The van der Waals surface area contributed by atoms with Crippen molar-refractivity contribution < 1.29 is 18.7 Å². The summed E-state index contributed by atoms with van der Waals surface area (Å²) in [5.74, 6) is 0.505. The van der Waals surface area contributed by atoms with Gasteiger partial charge in [-0.2, -0.15) is 0 Å². The topological polar surface area (TPSA) is 50.8 Å². The molecule has 2 aromatic rings. The second-order valence-corrected chi connectivity index (χ2v) is 5.67. The maximum absolute atomic E-state index is 13.3. The van der Waals surface area contributed by atoms with Gasteiger partial charge < -0.3 is 19.7 Å². The number of benzene rings is 2. The van der Waals surface area contributed by atoms with Crippen molar-refractivity contribution >= 4 is 23.3 Å². The minimum absolute atomic E-state index is 0.285. The molecule has 25 heavy (non-hydrogen) atoms. The molecule has 1 N–H and O–H groups in total. The first-order chi connectivity index (χ1) is 12.0. The maximum atomic E-state index is 13.3. The molecule has 134 valence electrons. The van der Waals surface area contributed by atoms with E-state index in [1.165, 1.54) is 26.4 Å². The minimum atomic E-state index is -0.338. The highest BCUT2D eigenvalue weighted by Crippen LogP contribution is 2.36. The smallest absolute Gasteiger partial charge is 0.322 e. The van der Waals surface area contributed by atoms with Gasteiger partial charge in [0, 0.05) is 25.2 Å². The Morgan fingerprint density at radius 2 is 1.92 bits per heavy atom. The predicted octanol–water partition coefficient (Wildman–Crippen LogP) is 4.55. The highest BCUT2D eigenvalue weighted by molar-refractivity contribution is 6.32. The molecule has 0 bridgehead atoms. The van der Waals surface area contributed by atoms with Crippen LogP contribution in [0.2, 0.25) is 5.02 Å². The van der Waals surface area contributed by atoms with Gasteiger partial charge in [0.05, 0.1) is 24.9 Å². The fourth-order valence-electron chi connectivity index (χ4n) is 2.34. The van der Waals surface area contributed by atoms with Crippen molar-refractivity contribution in [2.24, 2.45) is 0 Å². The van der Waals surface area contributed by atoms with E-state index in [0.29, 0.717) is 34.3 Å². The number of carbonyl (C=O) groups is 1. The molecule has 0 fully saturated rings. The number of rotatable bonds is 6. The first-order valence-electron chi connectivity index (χ1n) is 7.70. The summed E-state index contributed by atoms with van der Waals surface area (Å²) < 4.78 is 23.7. The van der Waals surface area contributed by atoms with Crippen LogP contribution in [-0.4, -0.2) is 31.7 Å². The Kier molecular flexibility index (Phi) is 6.47. The largest absolute Gasteiger partial charge is 0.495 e. The zero-order valence-electron chi connectivity index (χ0n) is 14.3. The SMILES string of the molecule is CCN(Cc1cccc(F)c1)C(=O)Nc1cc(OC)c(Cl)cc1OC. The molecule has 2 aromatic carbocycles. The Hall–Kier alpha value is -2.47. The fraction of sp³-hybridized carbons (Fsp3) is 0.278. The van der Waals surface area contributed by atoms with Crippen LogP contribution in [0.3, 0.4) is 0 Å². The van der Waals surface area contributed by atoms with Crippen LogP contribution in [0.4, 0.5) is 14.9 Å². The normalized spacial score (nSPS) is 10.3. The number of urea groups is 1. The molecule has 0 aliphatic heterocycles. The molecule has 0 saturated heterocycles. The number of anilines is 1. The molecule has 7 heteroatoms. The van der Waals surface area contributed by atoms with E-state index < -0.39 is 0 Å². The van der Waals surface area contributed by atoms with E-state index in [-0.39, 0.29) is 18.4 Å². The summed E-state index contributed by atoms with van der Waals surface area (Å²) in [5.41, 5.74) is 1.14. The summed E-state index contributed by atoms with van der Waals surface area (Å²) in [7, 11) is 2.97. The van der Waals surface area contributed by atoms with Gasteiger partial charge in [-0.3, -0.25) is 0 Å². The van der Waals surface area contributed by atoms with Crippen LogP contribution in [0.5, 0.6) is 11.5 Å². The molecule has 0 aliphatic rings. The van der Waals surface area contributed by atoms with Crippen molar-refractivity contribution in [2.45, 2.75) is 13.5 Å². The van der Waals surface area contributed by atoms with Crippen LogP contribution in [0, 0.1) is 5.82 Å². The lowest BCUT2D eigenvalue weighted by Crippen LogP contribution is -2.34. The Morgan fingerprint density at radius 3 is 2.52 bits per heavy atom. The van der Waals surface area contributed by atoms with E-state index >= 15 is 0 Å². The van der Waals surface area contributed by atoms with Crippen molar-refractivity contribution in [1.82, 2.24) is 4.90 Å². The van der Waals surface area contributed by atoms with Gasteiger partial charge in [0.15, 0.2) is 0 Å². The third-order valence-electron chi connectivity index (χ3n) is 3.65. The van der Waals surface area contributed by atoms with Crippen LogP contribution < -0.4 is 14.8 Å². The standard InChI is InChI=1S/C18H20ClFN2O3/c1-4-22(11-12-6-5-7-13(20)8-12)18(23)21-15-10-16(24-2)14(19)9-17(15)25-3/h5-10H,4,11H2,1-3H3,(H,21,23). The van der Waals surface area contributed by atoms with Crippen molar-refractivity contribution in [3.8, 4) is 11.5 Å². The quantitative estimate of drug-likeness (QED) is 0.815. The number of ether oxygens (including phenoxy) is 2. The van der Waals surface area contributed by atoms with Gasteiger partial charge in [-0.05, 0) is 24.6 Å². The Bertz CT molecular complexity index is 755. The third-order valence-corrected chi connectivity index (χ3v) is 3.94. The van der Waals surface area contributed by atoms with E-state index in [4.69, 9.17) is 21.1 Å². The number of methoxy groups -OCH3 is 2. The number of nitrogens with one attached hydrogen (secondary N) is 1. The molecule has 0 aliphatic carbocycles. The van der Waals surface area contributed by atoms with Gasteiger partial charge >= 0.3 is 6.03 Å². The summed E-state index contributed by atoms with van der Waals surface area (Å²) in [6.07, 6.45) is 0. The molecule has 5 nitrogen and oxygen atoms in total. The predicted molar refractivity (Wildman–Crippen MR) is 96.1 cm³/mol. The van der Waals surface area contributed by atoms with Crippen molar-refractivity contribution in [1.29, 1.82) is 0 Å². The first-order valence-corrected chi connectivity index (χ1v) is 8.08. The molecule has 0 radical (unpaired) electrons. The first kappa shape index (κ1) is 18.9.